The maximum atomic E-state index is 4.42. The van der Waals surface area contributed by atoms with Crippen LogP contribution in [0.2, 0.25) is 0 Å². The fourth-order valence-electron chi connectivity index (χ4n) is 1.65. The van der Waals surface area contributed by atoms with Crippen LogP contribution < -0.4 is 4.90 Å². The minimum absolute atomic E-state index is 0.612. The lowest BCUT2D eigenvalue weighted by atomic mass is 10.1. The van der Waals surface area contributed by atoms with Crippen molar-refractivity contribution in [3.8, 4) is 0 Å². The molecule has 3 nitrogen and oxygen atoms in total. The van der Waals surface area contributed by atoms with E-state index in [1.165, 1.54) is 6.42 Å². The van der Waals surface area contributed by atoms with E-state index in [9.17, 15) is 0 Å². The highest BCUT2D eigenvalue weighted by molar-refractivity contribution is 5.36. The lowest BCUT2D eigenvalue weighted by molar-refractivity contribution is 0.469. The number of aromatic nitrogens is 2. The molecule has 70 valence electrons. The van der Waals surface area contributed by atoms with Gasteiger partial charge in [0, 0.05) is 24.0 Å². The average molecular weight is 177 g/mol. The molecule has 1 atom stereocenters. The van der Waals surface area contributed by atoms with Gasteiger partial charge in [-0.25, -0.2) is 9.97 Å². The van der Waals surface area contributed by atoms with Crippen LogP contribution in [0.4, 0.5) is 5.95 Å². The maximum Gasteiger partial charge on any atom is 0.226 e. The molecule has 3 heteroatoms. The summed E-state index contributed by atoms with van der Waals surface area (Å²) in [5.41, 5.74) is 2.11. The van der Waals surface area contributed by atoms with Crippen molar-refractivity contribution in [3.63, 3.8) is 0 Å². The van der Waals surface area contributed by atoms with Gasteiger partial charge in [-0.2, -0.15) is 0 Å². The van der Waals surface area contributed by atoms with E-state index in [4.69, 9.17) is 0 Å². The summed E-state index contributed by atoms with van der Waals surface area (Å²) in [4.78, 5) is 11.1. The summed E-state index contributed by atoms with van der Waals surface area (Å²) in [7, 11) is 0. The van der Waals surface area contributed by atoms with Gasteiger partial charge in [0.05, 0.1) is 0 Å². The van der Waals surface area contributed by atoms with Crippen LogP contribution in [0.25, 0.3) is 0 Å². The van der Waals surface area contributed by atoms with E-state index in [1.807, 2.05) is 19.9 Å². The maximum absolute atomic E-state index is 4.42. The van der Waals surface area contributed by atoms with Gasteiger partial charge in [-0.1, -0.05) is 0 Å². The van der Waals surface area contributed by atoms with Gasteiger partial charge in [0.2, 0.25) is 5.95 Å². The molecular weight excluding hydrogens is 162 g/mol. The largest absolute Gasteiger partial charge is 0.338 e. The summed E-state index contributed by atoms with van der Waals surface area (Å²) >= 11 is 0. The van der Waals surface area contributed by atoms with Crippen LogP contribution in [-0.2, 0) is 0 Å². The fraction of sp³-hybridized carbons (Fsp3) is 0.600. The Morgan fingerprint density at radius 2 is 1.92 bits per heavy atom. The summed E-state index contributed by atoms with van der Waals surface area (Å²) in [6.45, 7) is 7.35. The molecule has 13 heavy (non-hydrogen) atoms. The Labute approximate surface area is 78.8 Å². The molecule has 0 bridgehead atoms. The second kappa shape index (κ2) is 2.98. The third-order valence-electron chi connectivity index (χ3n) is 2.55. The van der Waals surface area contributed by atoms with Gasteiger partial charge in [-0.05, 0) is 33.3 Å². The predicted octanol–water partition coefficient (Wildman–Crippen LogP) is 1.69. The van der Waals surface area contributed by atoms with Crippen LogP contribution in [0.3, 0.4) is 0 Å². The molecule has 2 rings (SSSR count). The van der Waals surface area contributed by atoms with Crippen LogP contribution in [0, 0.1) is 13.8 Å². The Kier molecular flexibility index (Phi) is 1.94. The van der Waals surface area contributed by atoms with E-state index in [2.05, 4.69) is 21.8 Å². The molecule has 1 unspecified atom stereocenters. The third kappa shape index (κ3) is 1.50. The summed E-state index contributed by atoms with van der Waals surface area (Å²) in [5, 5.41) is 0. The minimum Gasteiger partial charge on any atom is -0.338 e. The van der Waals surface area contributed by atoms with Crippen molar-refractivity contribution < 1.29 is 0 Å². The Bertz CT molecular complexity index is 302. The molecule has 2 heterocycles. The predicted molar refractivity (Wildman–Crippen MR) is 52.9 cm³/mol. The molecule has 1 aromatic rings. The molecule has 1 fully saturated rings. The van der Waals surface area contributed by atoms with Gasteiger partial charge in [-0.15, -0.1) is 0 Å². The molecule has 1 aliphatic rings. The highest BCUT2D eigenvalue weighted by Gasteiger charge is 2.25. The molecule has 1 aliphatic heterocycles. The van der Waals surface area contributed by atoms with E-state index < -0.39 is 0 Å². The molecule has 0 saturated carbocycles. The van der Waals surface area contributed by atoms with Crippen molar-refractivity contribution in [3.05, 3.63) is 17.5 Å². The van der Waals surface area contributed by atoms with Crippen molar-refractivity contribution in [1.82, 2.24) is 9.97 Å². The van der Waals surface area contributed by atoms with E-state index in [0.29, 0.717) is 6.04 Å². The summed E-state index contributed by atoms with van der Waals surface area (Å²) in [6.07, 6.45) is 1.26. The number of hydrogen-bond acceptors (Lipinski definition) is 3. The smallest absolute Gasteiger partial charge is 0.226 e. The summed E-state index contributed by atoms with van der Waals surface area (Å²) in [6, 6.07) is 2.62. The van der Waals surface area contributed by atoms with E-state index in [0.717, 1.165) is 23.9 Å². The number of nitrogens with zero attached hydrogens (tertiary/aromatic N) is 3. The average Bonchev–Trinajstić information content (AvgIpc) is 1.99. The van der Waals surface area contributed by atoms with E-state index in [1.54, 1.807) is 0 Å². The van der Waals surface area contributed by atoms with Crippen LogP contribution in [0.5, 0.6) is 0 Å². The van der Waals surface area contributed by atoms with Crippen LogP contribution >= 0.6 is 0 Å². The Morgan fingerprint density at radius 3 is 2.31 bits per heavy atom. The van der Waals surface area contributed by atoms with Gasteiger partial charge < -0.3 is 4.90 Å². The molecule has 1 aromatic heterocycles. The molecule has 0 radical (unpaired) electrons. The normalized spacial score (nSPS) is 21.5. The number of rotatable bonds is 1. The first-order valence-corrected chi connectivity index (χ1v) is 4.76. The summed E-state index contributed by atoms with van der Waals surface area (Å²) < 4.78 is 0. The van der Waals surface area contributed by atoms with Gasteiger partial charge >= 0.3 is 0 Å². The standard InChI is InChI=1S/C10H15N3/c1-7-6-8(2)12-10(11-7)13-5-4-9(13)3/h6,9H,4-5H2,1-3H3. The van der Waals surface area contributed by atoms with Crippen LogP contribution in [0.1, 0.15) is 24.7 Å². The summed E-state index contributed by atoms with van der Waals surface area (Å²) in [5.74, 6) is 0.899. The topological polar surface area (TPSA) is 29.0 Å². The highest BCUT2D eigenvalue weighted by atomic mass is 15.3. The monoisotopic (exact) mass is 177 g/mol. The highest BCUT2D eigenvalue weighted by Crippen LogP contribution is 2.22. The first kappa shape index (κ1) is 8.48. The zero-order valence-electron chi connectivity index (χ0n) is 8.41. The van der Waals surface area contributed by atoms with E-state index in [-0.39, 0.29) is 0 Å². The van der Waals surface area contributed by atoms with Crippen molar-refractivity contribution in [2.45, 2.75) is 33.2 Å². The second-order valence-corrected chi connectivity index (χ2v) is 3.78. The number of anilines is 1. The molecule has 0 aliphatic carbocycles. The molecule has 0 spiro atoms. The number of hydrogen-bond donors (Lipinski definition) is 0. The van der Waals surface area contributed by atoms with Crippen molar-refractivity contribution in [1.29, 1.82) is 0 Å². The Balaban J connectivity index is 2.29. The SMILES string of the molecule is Cc1cc(C)nc(N2CCC2C)n1. The lowest BCUT2D eigenvalue weighted by Crippen LogP contribution is -2.46. The van der Waals surface area contributed by atoms with Gasteiger partial charge in [0.1, 0.15) is 0 Å². The van der Waals surface area contributed by atoms with Gasteiger partial charge in [0.25, 0.3) is 0 Å². The molecule has 0 N–H and O–H groups in total. The first-order chi connectivity index (χ1) is 6.16. The molecule has 0 amide bonds. The zero-order valence-corrected chi connectivity index (χ0v) is 8.41. The third-order valence-corrected chi connectivity index (χ3v) is 2.55. The Morgan fingerprint density at radius 1 is 1.31 bits per heavy atom. The Hall–Kier alpha value is -1.12. The molecule has 0 aromatic carbocycles. The van der Waals surface area contributed by atoms with Gasteiger partial charge in [0.15, 0.2) is 0 Å². The van der Waals surface area contributed by atoms with Gasteiger partial charge in [-0.3, -0.25) is 0 Å². The van der Waals surface area contributed by atoms with Crippen molar-refractivity contribution in [2.24, 2.45) is 0 Å². The number of aryl methyl sites for hydroxylation is 2. The second-order valence-electron chi connectivity index (χ2n) is 3.78. The fourth-order valence-corrected chi connectivity index (χ4v) is 1.65. The van der Waals surface area contributed by atoms with Crippen molar-refractivity contribution in [2.75, 3.05) is 11.4 Å². The van der Waals surface area contributed by atoms with Crippen LogP contribution in [0.15, 0.2) is 6.07 Å². The van der Waals surface area contributed by atoms with Crippen LogP contribution in [-0.4, -0.2) is 22.6 Å². The zero-order chi connectivity index (χ0) is 9.42. The van der Waals surface area contributed by atoms with Crippen molar-refractivity contribution >= 4 is 5.95 Å². The molecular formula is C10H15N3. The molecule has 1 saturated heterocycles. The quantitative estimate of drug-likeness (QED) is 0.653. The lowest BCUT2D eigenvalue weighted by Gasteiger charge is -2.38. The van der Waals surface area contributed by atoms with E-state index >= 15 is 0 Å². The minimum atomic E-state index is 0.612. The first-order valence-electron chi connectivity index (χ1n) is 4.76.